The van der Waals surface area contributed by atoms with Gasteiger partial charge in [0, 0.05) is 23.5 Å². The van der Waals surface area contributed by atoms with Crippen LogP contribution in [0.15, 0.2) is 29.6 Å². The van der Waals surface area contributed by atoms with E-state index in [-0.39, 0.29) is 5.82 Å². The summed E-state index contributed by atoms with van der Waals surface area (Å²) in [6, 6.07) is 7.27. The summed E-state index contributed by atoms with van der Waals surface area (Å²) >= 11 is 1.64. The second kappa shape index (κ2) is 6.67. The van der Waals surface area contributed by atoms with Gasteiger partial charge in [-0.2, -0.15) is 0 Å². The fourth-order valence-electron chi connectivity index (χ4n) is 3.01. The standard InChI is InChI=1S/C17H21FN2S/c1-20(16-5-3-2-4-6-16)11-15-12-21-17(19-15)13-7-9-14(18)10-8-13/h7-10,12,16H,2-6,11H2,1H3. The molecule has 1 heterocycles. The molecule has 1 aromatic carbocycles. The molecule has 3 rings (SSSR count). The largest absolute Gasteiger partial charge is 0.298 e. The van der Waals surface area contributed by atoms with Gasteiger partial charge in [0.1, 0.15) is 10.8 Å². The number of hydrogen-bond donors (Lipinski definition) is 0. The Labute approximate surface area is 129 Å². The Morgan fingerprint density at radius 1 is 1.19 bits per heavy atom. The molecule has 4 heteroatoms. The van der Waals surface area contributed by atoms with Crippen LogP contribution in [0.2, 0.25) is 0 Å². The number of aromatic nitrogens is 1. The Morgan fingerprint density at radius 3 is 2.62 bits per heavy atom. The van der Waals surface area contributed by atoms with Crippen LogP contribution in [0.5, 0.6) is 0 Å². The van der Waals surface area contributed by atoms with Crippen molar-refractivity contribution in [3.63, 3.8) is 0 Å². The van der Waals surface area contributed by atoms with Crippen molar-refractivity contribution < 1.29 is 4.39 Å². The third kappa shape index (κ3) is 3.69. The van der Waals surface area contributed by atoms with E-state index in [0.29, 0.717) is 6.04 Å². The molecule has 0 amide bonds. The maximum atomic E-state index is 13.0. The van der Waals surface area contributed by atoms with Gasteiger partial charge in [0.25, 0.3) is 0 Å². The molecule has 0 bridgehead atoms. The molecule has 0 N–H and O–H groups in total. The Balaban J connectivity index is 1.65. The van der Waals surface area contributed by atoms with Crippen LogP contribution < -0.4 is 0 Å². The maximum absolute atomic E-state index is 13.0. The lowest BCUT2D eigenvalue weighted by atomic mass is 9.94. The molecule has 21 heavy (non-hydrogen) atoms. The average molecular weight is 304 g/mol. The third-order valence-electron chi connectivity index (χ3n) is 4.25. The van der Waals surface area contributed by atoms with Gasteiger partial charge >= 0.3 is 0 Å². The Hall–Kier alpha value is -1.26. The van der Waals surface area contributed by atoms with E-state index in [2.05, 4.69) is 17.3 Å². The lowest BCUT2D eigenvalue weighted by Crippen LogP contribution is -2.32. The predicted molar refractivity (Wildman–Crippen MR) is 85.8 cm³/mol. The Bertz CT molecular complexity index is 573. The van der Waals surface area contributed by atoms with Crippen molar-refractivity contribution in [2.45, 2.75) is 44.7 Å². The highest BCUT2D eigenvalue weighted by Crippen LogP contribution is 2.26. The highest BCUT2D eigenvalue weighted by Gasteiger charge is 2.18. The number of halogens is 1. The predicted octanol–water partition coefficient (Wildman–Crippen LogP) is 4.71. The van der Waals surface area contributed by atoms with Crippen LogP contribution in [0.1, 0.15) is 37.8 Å². The molecule has 2 aromatic rings. The minimum Gasteiger partial charge on any atom is -0.298 e. The van der Waals surface area contributed by atoms with Gasteiger partial charge in [0.05, 0.1) is 5.69 Å². The van der Waals surface area contributed by atoms with Gasteiger partial charge in [-0.1, -0.05) is 19.3 Å². The molecule has 1 aliphatic rings. The zero-order chi connectivity index (χ0) is 14.7. The number of benzene rings is 1. The second-order valence-electron chi connectivity index (χ2n) is 5.86. The van der Waals surface area contributed by atoms with Gasteiger partial charge in [-0.15, -0.1) is 11.3 Å². The molecular formula is C17H21FN2S. The minimum absolute atomic E-state index is 0.201. The van der Waals surface area contributed by atoms with Crippen LogP contribution >= 0.6 is 11.3 Å². The van der Waals surface area contributed by atoms with E-state index < -0.39 is 0 Å². The fraction of sp³-hybridized carbons (Fsp3) is 0.471. The molecule has 0 aliphatic heterocycles. The van der Waals surface area contributed by atoms with E-state index in [1.165, 1.54) is 44.2 Å². The quantitative estimate of drug-likeness (QED) is 0.813. The molecule has 1 aromatic heterocycles. The van der Waals surface area contributed by atoms with E-state index in [4.69, 9.17) is 4.98 Å². The molecule has 0 unspecified atom stereocenters. The van der Waals surface area contributed by atoms with E-state index in [9.17, 15) is 4.39 Å². The third-order valence-corrected chi connectivity index (χ3v) is 5.19. The topological polar surface area (TPSA) is 16.1 Å². The summed E-state index contributed by atoms with van der Waals surface area (Å²) < 4.78 is 13.0. The van der Waals surface area contributed by atoms with Crippen molar-refractivity contribution in [2.24, 2.45) is 0 Å². The zero-order valence-corrected chi connectivity index (χ0v) is 13.2. The summed E-state index contributed by atoms with van der Waals surface area (Å²) in [6.45, 7) is 0.905. The van der Waals surface area contributed by atoms with Gasteiger partial charge in [0.15, 0.2) is 0 Å². The van der Waals surface area contributed by atoms with Crippen LogP contribution in [-0.4, -0.2) is 23.0 Å². The van der Waals surface area contributed by atoms with Crippen LogP contribution in [0.25, 0.3) is 10.6 Å². The van der Waals surface area contributed by atoms with E-state index >= 15 is 0 Å². The normalized spacial score (nSPS) is 16.5. The first-order valence-corrected chi connectivity index (χ1v) is 8.51. The summed E-state index contributed by atoms with van der Waals surface area (Å²) in [7, 11) is 2.20. The molecule has 0 spiro atoms. The molecule has 0 atom stereocenters. The molecule has 0 radical (unpaired) electrons. The lowest BCUT2D eigenvalue weighted by Gasteiger charge is -2.30. The SMILES string of the molecule is CN(Cc1csc(-c2ccc(F)cc2)n1)C1CCCCC1. The van der Waals surface area contributed by atoms with Gasteiger partial charge in [-0.25, -0.2) is 9.37 Å². The number of rotatable bonds is 4. The zero-order valence-electron chi connectivity index (χ0n) is 12.4. The van der Waals surface area contributed by atoms with Crippen molar-refractivity contribution in [1.29, 1.82) is 0 Å². The summed E-state index contributed by atoms with van der Waals surface area (Å²) in [6.07, 6.45) is 6.71. The highest BCUT2D eigenvalue weighted by atomic mass is 32.1. The minimum atomic E-state index is -0.201. The first kappa shape index (κ1) is 14.7. The highest BCUT2D eigenvalue weighted by molar-refractivity contribution is 7.13. The van der Waals surface area contributed by atoms with Crippen LogP contribution in [0, 0.1) is 5.82 Å². The Kier molecular flexibility index (Phi) is 4.66. The first-order chi connectivity index (χ1) is 10.2. The van der Waals surface area contributed by atoms with Gasteiger partial charge in [0.2, 0.25) is 0 Å². The van der Waals surface area contributed by atoms with Crippen molar-refractivity contribution in [3.05, 3.63) is 41.2 Å². The van der Waals surface area contributed by atoms with E-state index in [0.717, 1.165) is 22.8 Å². The van der Waals surface area contributed by atoms with E-state index in [1.807, 2.05) is 0 Å². The summed E-state index contributed by atoms with van der Waals surface area (Å²) in [5.41, 5.74) is 2.11. The molecule has 2 nitrogen and oxygen atoms in total. The van der Waals surface area contributed by atoms with Crippen LogP contribution in [0.3, 0.4) is 0 Å². The maximum Gasteiger partial charge on any atom is 0.123 e. The fourth-order valence-corrected chi connectivity index (χ4v) is 3.83. The number of hydrogen-bond acceptors (Lipinski definition) is 3. The van der Waals surface area contributed by atoms with Gasteiger partial charge < -0.3 is 0 Å². The molecule has 112 valence electrons. The van der Waals surface area contributed by atoms with Crippen LogP contribution in [0.4, 0.5) is 4.39 Å². The lowest BCUT2D eigenvalue weighted by molar-refractivity contribution is 0.183. The summed E-state index contributed by atoms with van der Waals surface area (Å²) in [5.74, 6) is -0.201. The monoisotopic (exact) mass is 304 g/mol. The summed E-state index contributed by atoms with van der Waals surface area (Å²) in [4.78, 5) is 7.13. The first-order valence-electron chi connectivity index (χ1n) is 7.63. The summed E-state index contributed by atoms with van der Waals surface area (Å²) in [5, 5.41) is 3.10. The average Bonchev–Trinajstić information content (AvgIpc) is 2.97. The van der Waals surface area contributed by atoms with Gasteiger partial charge in [-0.3, -0.25) is 4.90 Å². The van der Waals surface area contributed by atoms with Crippen molar-refractivity contribution >= 4 is 11.3 Å². The van der Waals surface area contributed by atoms with Gasteiger partial charge in [-0.05, 0) is 44.2 Å². The molecule has 1 aliphatic carbocycles. The van der Waals surface area contributed by atoms with Crippen LogP contribution in [-0.2, 0) is 6.54 Å². The molecule has 1 saturated carbocycles. The second-order valence-corrected chi connectivity index (χ2v) is 6.72. The van der Waals surface area contributed by atoms with E-state index in [1.54, 1.807) is 23.5 Å². The van der Waals surface area contributed by atoms with Crippen molar-refractivity contribution in [1.82, 2.24) is 9.88 Å². The van der Waals surface area contributed by atoms with Crippen molar-refractivity contribution in [3.8, 4) is 10.6 Å². The molecule has 0 saturated heterocycles. The smallest absolute Gasteiger partial charge is 0.123 e. The number of nitrogens with zero attached hydrogens (tertiary/aromatic N) is 2. The number of thiazole rings is 1. The van der Waals surface area contributed by atoms with Crippen molar-refractivity contribution in [2.75, 3.05) is 7.05 Å². The molecule has 1 fully saturated rings. The molecular weight excluding hydrogens is 283 g/mol. The Morgan fingerprint density at radius 2 is 1.90 bits per heavy atom.